The molecule has 0 bridgehead atoms. The van der Waals surface area contributed by atoms with Gasteiger partial charge in [0, 0.05) is 18.7 Å². The van der Waals surface area contributed by atoms with Crippen LogP contribution in [0, 0.1) is 10.1 Å². The Balaban J connectivity index is 1.86. The molecule has 2 aromatic rings. The number of amides is 2. The zero-order valence-electron chi connectivity index (χ0n) is 15.8. The Bertz CT molecular complexity index is 926. The van der Waals surface area contributed by atoms with E-state index in [-0.39, 0.29) is 29.5 Å². The van der Waals surface area contributed by atoms with Crippen LogP contribution in [0.25, 0.3) is 0 Å². The minimum atomic E-state index is -0.619. The number of carbonyl (C=O) groups excluding carboxylic acids is 3. The number of nitrogens with one attached hydrogen (secondary N) is 2. The van der Waals surface area contributed by atoms with Crippen LogP contribution in [0.2, 0.25) is 0 Å². The number of hydrogen-bond acceptors (Lipinski definition) is 7. The average Bonchev–Trinajstić information content (AvgIpc) is 2.67. The SMILES string of the molecule is COc1cc([N+](=O)[O-])ccc1NC(=O)COC(=O)Cc1ccc(NC(C)=O)cc1. The van der Waals surface area contributed by atoms with Crippen LogP contribution in [0.5, 0.6) is 5.75 Å². The third-order valence-electron chi connectivity index (χ3n) is 3.66. The molecule has 0 unspecified atom stereocenters. The number of hydrogen-bond donors (Lipinski definition) is 2. The van der Waals surface area contributed by atoms with Crippen molar-refractivity contribution in [1.82, 2.24) is 0 Å². The molecule has 10 nitrogen and oxygen atoms in total. The number of nitro groups is 1. The minimum absolute atomic E-state index is 0.0471. The molecule has 0 saturated heterocycles. The number of benzene rings is 2. The van der Waals surface area contributed by atoms with Gasteiger partial charge >= 0.3 is 5.97 Å². The first-order valence-corrected chi connectivity index (χ1v) is 8.43. The lowest BCUT2D eigenvalue weighted by molar-refractivity contribution is -0.384. The van der Waals surface area contributed by atoms with E-state index in [2.05, 4.69) is 10.6 Å². The molecular formula is C19H19N3O7. The second-order valence-electron chi connectivity index (χ2n) is 5.91. The van der Waals surface area contributed by atoms with Crippen LogP contribution in [0.1, 0.15) is 12.5 Å². The Morgan fingerprint density at radius 2 is 1.76 bits per heavy atom. The summed E-state index contributed by atoms with van der Waals surface area (Å²) in [4.78, 5) is 45.1. The van der Waals surface area contributed by atoms with Crippen molar-refractivity contribution in [2.45, 2.75) is 13.3 Å². The smallest absolute Gasteiger partial charge is 0.310 e. The summed E-state index contributed by atoms with van der Waals surface area (Å²) in [5, 5.41) is 15.9. The molecule has 0 aliphatic rings. The number of non-ortho nitro benzene ring substituents is 1. The third-order valence-corrected chi connectivity index (χ3v) is 3.66. The van der Waals surface area contributed by atoms with Crippen LogP contribution < -0.4 is 15.4 Å². The highest BCUT2D eigenvalue weighted by atomic mass is 16.6. The predicted octanol–water partition coefficient (Wildman–Crippen LogP) is 2.29. The largest absolute Gasteiger partial charge is 0.494 e. The van der Waals surface area contributed by atoms with Crippen molar-refractivity contribution < 1.29 is 28.8 Å². The maximum absolute atomic E-state index is 12.0. The quantitative estimate of drug-likeness (QED) is 0.393. The molecule has 0 radical (unpaired) electrons. The molecule has 10 heteroatoms. The number of anilines is 2. The van der Waals surface area contributed by atoms with Gasteiger partial charge in [0.15, 0.2) is 6.61 Å². The molecule has 0 atom stereocenters. The predicted molar refractivity (Wildman–Crippen MR) is 104 cm³/mol. The van der Waals surface area contributed by atoms with Crippen LogP contribution >= 0.6 is 0 Å². The van der Waals surface area contributed by atoms with Gasteiger partial charge in [0.2, 0.25) is 5.91 Å². The van der Waals surface area contributed by atoms with Crippen molar-refractivity contribution in [3.8, 4) is 5.75 Å². The number of ether oxygens (including phenoxy) is 2. The molecule has 152 valence electrons. The van der Waals surface area contributed by atoms with E-state index in [9.17, 15) is 24.5 Å². The van der Waals surface area contributed by atoms with Gasteiger partial charge in [-0.15, -0.1) is 0 Å². The number of esters is 1. The van der Waals surface area contributed by atoms with E-state index in [4.69, 9.17) is 9.47 Å². The summed E-state index contributed by atoms with van der Waals surface area (Å²) in [5.74, 6) is -1.32. The van der Waals surface area contributed by atoms with E-state index in [0.717, 1.165) is 0 Å². The fourth-order valence-electron chi connectivity index (χ4n) is 2.36. The minimum Gasteiger partial charge on any atom is -0.494 e. The topological polar surface area (TPSA) is 137 Å². The zero-order valence-corrected chi connectivity index (χ0v) is 15.8. The molecule has 2 aromatic carbocycles. The molecule has 2 N–H and O–H groups in total. The summed E-state index contributed by atoms with van der Waals surface area (Å²) in [6.07, 6.45) is -0.0471. The van der Waals surface area contributed by atoms with Crippen molar-refractivity contribution in [3.05, 3.63) is 58.1 Å². The van der Waals surface area contributed by atoms with Gasteiger partial charge in [-0.1, -0.05) is 12.1 Å². The second kappa shape index (κ2) is 9.83. The lowest BCUT2D eigenvalue weighted by atomic mass is 10.1. The Labute approximate surface area is 166 Å². The van der Waals surface area contributed by atoms with Gasteiger partial charge < -0.3 is 20.1 Å². The van der Waals surface area contributed by atoms with Crippen LogP contribution in [0.15, 0.2) is 42.5 Å². The highest BCUT2D eigenvalue weighted by Crippen LogP contribution is 2.28. The maximum atomic E-state index is 12.0. The molecule has 0 fully saturated rings. The van der Waals surface area contributed by atoms with Crippen molar-refractivity contribution in [1.29, 1.82) is 0 Å². The van der Waals surface area contributed by atoms with E-state index in [1.54, 1.807) is 24.3 Å². The molecule has 29 heavy (non-hydrogen) atoms. The average molecular weight is 401 g/mol. The summed E-state index contributed by atoms with van der Waals surface area (Å²) < 4.78 is 9.96. The number of nitrogens with zero attached hydrogens (tertiary/aromatic N) is 1. The Hall–Kier alpha value is -3.95. The monoisotopic (exact) mass is 401 g/mol. The van der Waals surface area contributed by atoms with Gasteiger partial charge in [0.1, 0.15) is 5.75 Å². The van der Waals surface area contributed by atoms with Gasteiger partial charge in [-0.05, 0) is 23.8 Å². The first-order valence-electron chi connectivity index (χ1n) is 8.43. The number of nitro benzene ring substituents is 1. The highest BCUT2D eigenvalue weighted by Gasteiger charge is 2.14. The Morgan fingerprint density at radius 3 is 2.34 bits per heavy atom. The zero-order chi connectivity index (χ0) is 21.4. The third kappa shape index (κ3) is 6.61. The van der Waals surface area contributed by atoms with E-state index in [0.29, 0.717) is 11.3 Å². The molecule has 2 amide bonds. The van der Waals surface area contributed by atoms with Gasteiger partial charge in [-0.2, -0.15) is 0 Å². The molecule has 0 spiro atoms. The van der Waals surface area contributed by atoms with Crippen LogP contribution in [0.3, 0.4) is 0 Å². The van der Waals surface area contributed by atoms with Crippen molar-refractivity contribution in [3.63, 3.8) is 0 Å². The first-order chi connectivity index (χ1) is 13.8. The number of carbonyl (C=O) groups is 3. The van der Waals surface area contributed by atoms with E-state index in [1.807, 2.05) is 0 Å². The lowest BCUT2D eigenvalue weighted by Gasteiger charge is -2.10. The van der Waals surface area contributed by atoms with E-state index >= 15 is 0 Å². The van der Waals surface area contributed by atoms with Crippen molar-refractivity contribution in [2.24, 2.45) is 0 Å². The van der Waals surface area contributed by atoms with Crippen LogP contribution in [0.4, 0.5) is 17.1 Å². The van der Waals surface area contributed by atoms with Gasteiger partial charge in [-0.3, -0.25) is 24.5 Å². The van der Waals surface area contributed by atoms with Gasteiger partial charge in [0.25, 0.3) is 11.6 Å². The highest BCUT2D eigenvalue weighted by molar-refractivity contribution is 5.94. The summed E-state index contributed by atoms with van der Waals surface area (Å²) in [7, 11) is 1.31. The van der Waals surface area contributed by atoms with Crippen LogP contribution in [-0.4, -0.2) is 36.4 Å². The normalized spacial score (nSPS) is 10.0. The van der Waals surface area contributed by atoms with Crippen LogP contribution in [-0.2, 0) is 25.5 Å². The molecule has 0 aliphatic carbocycles. The Kier molecular flexibility index (Phi) is 7.24. The number of methoxy groups -OCH3 is 1. The van der Waals surface area contributed by atoms with E-state index < -0.39 is 23.4 Å². The van der Waals surface area contributed by atoms with Crippen molar-refractivity contribution in [2.75, 3.05) is 24.4 Å². The molecule has 0 aromatic heterocycles. The maximum Gasteiger partial charge on any atom is 0.310 e. The molecule has 2 rings (SSSR count). The molecule has 0 saturated carbocycles. The Morgan fingerprint density at radius 1 is 1.07 bits per heavy atom. The molecular weight excluding hydrogens is 382 g/mol. The fraction of sp³-hybridized carbons (Fsp3) is 0.211. The molecule has 0 heterocycles. The lowest BCUT2D eigenvalue weighted by Crippen LogP contribution is -2.22. The van der Waals surface area contributed by atoms with Gasteiger partial charge in [-0.25, -0.2) is 0 Å². The molecule has 0 aliphatic heterocycles. The standard InChI is InChI=1S/C19H19N3O7/c1-12(23)20-14-5-3-13(4-6-14)9-19(25)29-11-18(24)21-16-8-7-15(22(26)27)10-17(16)28-2/h3-8,10H,9,11H2,1-2H3,(H,20,23)(H,21,24). The summed E-state index contributed by atoms with van der Waals surface area (Å²) >= 11 is 0. The van der Waals surface area contributed by atoms with E-state index in [1.165, 1.54) is 32.2 Å². The summed E-state index contributed by atoms with van der Waals surface area (Å²) in [6, 6.07) is 10.3. The summed E-state index contributed by atoms with van der Waals surface area (Å²) in [6.45, 7) is 0.867. The number of rotatable bonds is 8. The fourth-order valence-corrected chi connectivity index (χ4v) is 2.36. The second-order valence-corrected chi connectivity index (χ2v) is 5.91. The first kappa shape index (κ1) is 21.4. The van der Waals surface area contributed by atoms with Gasteiger partial charge in [0.05, 0.1) is 30.2 Å². The van der Waals surface area contributed by atoms with Crippen molar-refractivity contribution >= 4 is 34.8 Å². The summed E-state index contributed by atoms with van der Waals surface area (Å²) in [5.41, 5.74) is 1.29.